The van der Waals surface area contributed by atoms with E-state index in [1.165, 1.54) is 16.8 Å². The molecule has 0 unspecified atom stereocenters. The molecule has 10 heteroatoms. The van der Waals surface area contributed by atoms with Gasteiger partial charge in [-0.1, -0.05) is 34.8 Å². The molecule has 0 spiro atoms. The van der Waals surface area contributed by atoms with Gasteiger partial charge in [0.15, 0.2) is 0 Å². The maximum absolute atomic E-state index is 13.1. The zero-order valence-corrected chi connectivity index (χ0v) is 17.6. The highest BCUT2D eigenvalue weighted by Crippen LogP contribution is 2.26. The average molecular weight is 464 g/mol. The topological polar surface area (TPSA) is 88.9 Å². The van der Waals surface area contributed by atoms with Gasteiger partial charge >= 0.3 is 5.69 Å². The van der Waals surface area contributed by atoms with E-state index in [-0.39, 0.29) is 21.6 Å². The lowest BCUT2D eigenvalue weighted by atomic mass is 10.2. The molecule has 2 aromatic heterocycles. The molecule has 0 aliphatic rings. The molecule has 30 heavy (non-hydrogen) atoms. The van der Waals surface area contributed by atoms with Crippen LogP contribution in [0.2, 0.25) is 15.1 Å². The van der Waals surface area contributed by atoms with Gasteiger partial charge in [-0.25, -0.2) is 9.36 Å². The van der Waals surface area contributed by atoms with Gasteiger partial charge in [-0.05, 0) is 42.5 Å². The van der Waals surface area contributed by atoms with E-state index in [4.69, 9.17) is 34.8 Å². The van der Waals surface area contributed by atoms with Gasteiger partial charge in [-0.15, -0.1) is 0 Å². The fourth-order valence-electron chi connectivity index (χ4n) is 3.15. The number of rotatable bonds is 3. The highest BCUT2D eigenvalue weighted by Gasteiger charge is 2.21. The van der Waals surface area contributed by atoms with Gasteiger partial charge in [0, 0.05) is 23.3 Å². The van der Waals surface area contributed by atoms with Crippen molar-refractivity contribution in [2.75, 3.05) is 5.32 Å². The zero-order valence-electron chi connectivity index (χ0n) is 15.4. The van der Waals surface area contributed by atoms with Gasteiger partial charge in [-0.3, -0.25) is 9.59 Å². The molecule has 4 aromatic rings. The number of carbonyl (C=O) groups excluding carboxylic acids is 1. The number of anilines is 1. The Labute approximate surface area is 184 Å². The highest BCUT2D eigenvalue weighted by atomic mass is 35.5. The summed E-state index contributed by atoms with van der Waals surface area (Å²) in [5.41, 5.74) is -0.137. The average Bonchev–Trinajstić information content (AvgIpc) is 3.02. The molecule has 0 fully saturated rings. The van der Waals surface area contributed by atoms with Gasteiger partial charge in [-0.2, -0.15) is 0 Å². The van der Waals surface area contributed by atoms with E-state index in [2.05, 4.69) is 10.3 Å². The summed E-state index contributed by atoms with van der Waals surface area (Å²) in [5, 5.41) is 3.82. The first kappa shape index (κ1) is 20.3. The summed E-state index contributed by atoms with van der Waals surface area (Å²) in [4.78, 5) is 41.2. The monoisotopic (exact) mass is 462 g/mol. The molecule has 1 amide bonds. The Kier molecular flexibility index (Phi) is 5.19. The van der Waals surface area contributed by atoms with Crippen molar-refractivity contribution >= 4 is 57.4 Å². The first-order chi connectivity index (χ1) is 14.3. The van der Waals surface area contributed by atoms with E-state index in [1.54, 1.807) is 43.4 Å². The molecule has 0 saturated heterocycles. The molecular weight excluding hydrogens is 451 g/mol. The number of hydrogen-bond donors (Lipinski definition) is 2. The number of benzene rings is 2. The van der Waals surface area contributed by atoms with Crippen LogP contribution in [0.1, 0.15) is 10.4 Å². The Bertz CT molecular complexity index is 1420. The SMILES string of the molecule is Cn1cc(C(=O)Nc2ccc(Cl)cc2Cl)c2[nH]c(=O)n(-c3ccc(Cl)cc3)c(=O)c21. The third-order valence-corrected chi connectivity index (χ3v) is 5.33. The van der Waals surface area contributed by atoms with Gasteiger partial charge < -0.3 is 14.9 Å². The number of fused-ring (bicyclic) bond motifs is 1. The Balaban J connectivity index is 1.83. The molecule has 7 nitrogen and oxygen atoms in total. The fourth-order valence-corrected chi connectivity index (χ4v) is 3.73. The lowest BCUT2D eigenvalue weighted by Gasteiger charge is -2.08. The van der Waals surface area contributed by atoms with Gasteiger partial charge in [0.1, 0.15) is 5.52 Å². The molecule has 2 heterocycles. The molecule has 0 atom stereocenters. The molecule has 2 N–H and O–H groups in total. The molecule has 152 valence electrons. The second kappa shape index (κ2) is 7.68. The van der Waals surface area contributed by atoms with E-state index in [9.17, 15) is 14.4 Å². The van der Waals surface area contributed by atoms with Crippen LogP contribution in [-0.4, -0.2) is 20.0 Å². The minimum Gasteiger partial charge on any atom is -0.344 e. The fraction of sp³-hybridized carbons (Fsp3) is 0.0500. The van der Waals surface area contributed by atoms with E-state index in [0.717, 1.165) is 4.57 Å². The van der Waals surface area contributed by atoms with Gasteiger partial charge in [0.05, 0.1) is 27.5 Å². The van der Waals surface area contributed by atoms with E-state index >= 15 is 0 Å². The second-order valence-corrected chi connectivity index (χ2v) is 7.78. The number of H-pyrrole nitrogens is 1. The molecule has 0 aliphatic heterocycles. The number of halogens is 3. The van der Waals surface area contributed by atoms with Crippen LogP contribution in [-0.2, 0) is 7.05 Å². The number of aromatic amines is 1. The van der Waals surface area contributed by atoms with E-state index < -0.39 is 17.2 Å². The molecular formula is C20H13Cl3N4O3. The molecule has 0 bridgehead atoms. The predicted molar refractivity (Wildman–Crippen MR) is 119 cm³/mol. The Morgan fingerprint density at radius 1 is 1.00 bits per heavy atom. The molecule has 0 saturated carbocycles. The van der Waals surface area contributed by atoms with E-state index in [0.29, 0.717) is 21.4 Å². The lowest BCUT2D eigenvalue weighted by molar-refractivity contribution is 0.102. The molecule has 0 aliphatic carbocycles. The molecule has 0 radical (unpaired) electrons. The molecule has 4 rings (SSSR count). The Morgan fingerprint density at radius 2 is 1.67 bits per heavy atom. The third kappa shape index (κ3) is 3.52. The van der Waals surface area contributed by atoms with Gasteiger partial charge in [0.2, 0.25) is 0 Å². The number of aryl methyl sites for hydroxylation is 1. The summed E-state index contributed by atoms with van der Waals surface area (Å²) < 4.78 is 2.47. The van der Waals surface area contributed by atoms with Crippen LogP contribution in [0.4, 0.5) is 5.69 Å². The van der Waals surface area contributed by atoms with Crippen LogP contribution in [0.3, 0.4) is 0 Å². The quantitative estimate of drug-likeness (QED) is 0.476. The highest BCUT2D eigenvalue weighted by molar-refractivity contribution is 6.37. The lowest BCUT2D eigenvalue weighted by Crippen LogP contribution is -2.34. The zero-order chi connectivity index (χ0) is 21.6. The Morgan fingerprint density at radius 3 is 2.33 bits per heavy atom. The van der Waals surface area contributed by atoms with Crippen molar-refractivity contribution in [2.24, 2.45) is 7.05 Å². The van der Waals surface area contributed by atoms with Crippen molar-refractivity contribution in [2.45, 2.75) is 0 Å². The first-order valence-electron chi connectivity index (χ1n) is 8.63. The van der Waals surface area contributed by atoms with Crippen molar-refractivity contribution < 1.29 is 4.79 Å². The Hall–Kier alpha value is -3.00. The summed E-state index contributed by atoms with van der Waals surface area (Å²) in [5.74, 6) is -0.538. The van der Waals surface area contributed by atoms with Gasteiger partial charge in [0.25, 0.3) is 11.5 Å². The summed E-state index contributed by atoms with van der Waals surface area (Å²) in [6.45, 7) is 0. The van der Waals surface area contributed by atoms with Crippen LogP contribution in [0.5, 0.6) is 0 Å². The van der Waals surface area contributed by atoms with Crippen molar-refractivity contribution in [3.05, 3.63) is 90.1 Å². The minimum atomic E-state index is -0.681. The summed E-state index contributed by atoms with van der Waals surface area (Å²) >= 11 is 17.9. The normalized spacial score (nSPS) is 11.1. The number of amides is 1. The maximum Gasteiger partial charge on any atom is 0.333 e. The van der Waals surface area contributed by atoms with Crippen LogP contribution < -0.4 is 16.6 Å². The minimum absolute atomic E-state index is 0.121. The standard InChI is InChI=1S/C20H13Cl3N4O3/c1-26-9-13(18(28)24-15-7-4-11(22)8-14(15)23)16-17(26)19(29)27(20(30)25-16)12-5-2-10(21)3-6-12/h2-9H,1H3,(H,24,28)(H,25,30). The number of carbonyl (C=O) groups is 1. The number of nitrogens with one attached hydrogen (secondary N) is 2. The van der Waals surface area contributed by atoms with Crippen LogP contribution in [0.25, 0.3) is 16.7 Å². The van der Waals surface area contributed by atoms with Crippen molar-refractivity contribution in [3.63, 3.8) is 0 Å². The largest absolute Gasteiger partial charge is 0.344 e. The van der Waals surface area contributed by atoms with E-state index in [1.807, 2.05) is 0 Å². The van der Waals surface area contributed by atoms with Crippen molar-refractivity contribution in [1.29, 1.82) is 0 Å². The summed E-state index contributed by atoms with van der Waals surface area (Å²) in [6.07, 6.45) is 1.47. The van der Waals surface area contributed by atoms with Crippen LogP contribution in [0.15, 0.2) is 58.3 Å². The summed E-state index contributed by atoms with van der Waals surface area (Å²) in [6, 6.07) is 10.9. The third-order valence-electron chi connectivity index (χ3n) is 4.53. The number of hydrogen-bond acceptors (Lipinski definition) is 3. The number of aromatic nitrogens is 3. The second-order valence-electron chi connectivity index (χ2n) is 6.50. The smallest absolute Gasteiger partial charge is 0.333 e. The number of nitrogens with zero attached hydrogens (tertiary/aromatic N) is 2. The summed E-state index contributed by atoms with van der Waals surface area (Å²) in [7, 11) is 1.61. The van der Waals surface area contributed by atoms with Crippen LogP contribution in [0, 0.1) is 0 Å². The maximum atomic E-state index is 13.1. The molecule has 2 aromatic carbocycles. The first-order valence-corrected chi connectivity index (χ1v) is 9.76. The predicted octanol–water partition coefficient (Wildman–Crippen LogP) is 4.23. The van der Waals surface area contributed by atoms with Crippen molar-refractivity contribution in [1.82, 2.24) is 14.1 Å². The van der Waals surface area contributed by atoms with Crippen molar-refractivity contribution in [3.8, 4) is 5.69 Å². The van der Waals surface area contributed by atoms with Crippen LogP contribution >= 0.6 is 34.8 Å².